The lowest BCUT2D eigenvalue weighted by atomic mass is 10.2. The molecule has 2 heterocycles. The Bertz CT molecular complexity index is 1030. The summed E-state index contributed by atoms with van der Waals surface area (Å²) in [7, 11) is 1.69. The Balaban J connectivity index is 1.64. The van der Waals surface area contributed by atoms with Crippen LogP contribution in [0.5, 0.6) is 5.75 Å². The molecule has 3 aromatic rings. The number of Topliss-reactive ketones (excluding diaryl/α,β-unsaturated/α-hetero) is 1. The highest BCUT2D eigenvalue weighted by Gasteiger charge is 2.19. The topological polar surface area (TPSA) is 78.3 Å². The van der Waals surface area contributed by atoms with Crippen LogP contribution in [0.2, 0.25) is 0 Å². The Morgan fingerprint density at radius 1 is 1.29 bits per heavy atom. The average Bonchev–Trinajstić information content (AvgIpc) is 3.31. The van der Waals surface area contributed by atoms with Gasteiger partial charge in [-0.1, -0.05) is 35.2 Å². The minimum atomic E-state index is 0.0837. The molecule has 0 saturated carbocycles. The molecule has 1 unspecified atom stereocenters. The third kappa shape index (κ3) is 5.66. The molecular weight excluding hydrogens is 432 g/mol. The van der Waals surface area contributed by atoms with Gasteiger partial charge >= 0.3 is 0 Å². The van der Waals surface area contributed by atoms with Gasteiger partial charge in [0.05, 0.1) is 30.7 Å². The minimum Gasteiger partial charge on any atom is -0.492 e. The average molecular weight is 461 g/mol. The van der Waals surface area contributed by atoms with Crippen LogP contribution in [-0.2, 0) is 4.74 Å². The predicted molar refractivity (Wildman–Crippen MR) is 126 cm³/mol. The highest BCUT2D eigenvalue weighted by Crippen LogP contribution is 2.32. The zero-order valence-electron chi connectivity index (χ0n) is 18.5. The van der Waals surface area contributed by atoms with E-state index in [0.717, 1.165) is 32.7 Å². The van der Waals surface area contributed by atoms with Crippen molar-refractivity contribution < 1.29 is 14.3 Å². The molecule has 0 amide bonds. The van der Waals surface area contributed by atoms with Gasteiger partial charge in [0.25, 0.3) is 0 Å². The second-order valence-corrected chi connectivity index (χ2v) is 9.30. The van der Waals surface area contributed by atoms with Gasteiger partial charge in [-0.3, -0.25) is 4.79 Å². The molecular formula is C22H28N4O3S2. The van der Waals surface area contributed by atoms with E-state index in [1.54, 1.807) is 7.11 Å². The maximum absolute atomic E-state index is 12.9. The summed E-state index contributed by atoms with van der Waals surface area (Å²) in [5.41, 5.74) is 3.62. The standard InChI is InChI=1S/C22H28N4O3S2/c1-6-29-20-10-8-7-9-18(20)23-21-24-25-22(31-21)30-13-19(27)17-11-14(2)26(16(17)4)15(3)12-28-5/h7-11,15H,6,12-13H2,1-5H3,(H,23,24). The maximum atomic E-state index is 12.9. The first-order valence-corrected chi connectivity index (χ1v) is 11.9. The monoisotopic (exact) mass is 460 g/mol. The molecule has 0 saturated heterocycles. The van der Waals surface area contributed by atoms with Gasteiger partial charge in [-0.25, -0.2) is 0 Å². The quantitative estimate of drug-likeness (QED) is 0.308. The lowest BCUT2D eigenvalue weighted by molar-refractivity contribution is 0.102. The van der Waals surface area contributed by atoms with Gasteiger partial charge in [-0.05, 0) is 45.9 Å². The van der Waals surface area contributed by atoms with Crippen LogP contribution in [0, 0.1) is 13.8 Å². The summed E-state index contributed by atoms with van der Waals surface area (Å²) >= 11 is 2.82. The highest BCUT2D eigenvalue weighted by molar-refractivity contribution is 8.01. The van der Waals surface area contributed by atoms with Gasteiger partial charge in [-0.2, -0.15) is 0 Å². The van der Waals surface area contributed by atoms with Crippen molar-refractivity contribution in [3.63, 3.8) is 0 Å². The molecule has 1 atom stereocenters. The molecule has 1 N–H and O–H groups in total. The first-order valence-electron chi connectivity index (χ1n) is 10.1. The SMILES string of the molecule is CCOc1ccccc1Nc1nnc(SCC(=O)c2cc(C)n(C(C)COC)c2C)s1. The summed E-state index contributed by atoms with van der Waals surface area (Å²) in [5.74, 6) is 1.16. The van der Waals surface area contributed by atoms with E-state index in [1.165, 1.54) is 23.1 Å². The first kappa shape index (κ1) is 23.3. The molecule has 166 valence electrons. The summed E-state index contributed by atoms with van der Waals surface area (Å²) in [6.07, 6.45) is 0. The Labute approximate surface area is 191 Å². The van der Waals surface area contributed by atoms with E-state index in [2.05, 4.69) is 27.0 Å². The fourth-order valence-electron chi connectivity index (χ4n) is 3.54. The lowest BCUT2D eigenvalue weighted by Crippen LogP contribution is -2.14. The van der Waals surface area contributed by atoms with E-state index in [4.69, 9.17) is 9.47 Å². The number of hydrogen-bond donors (Lipinski definition) is 1. The number of ketones is 1. The van der Waals surface area contributed by atoms with E-state index in [9.17, 15) is 4.79 Å². The number of benzene rings is 1. The molecule has 0 spiro atoms. The Hall–Kier alpha value is -2.36. The van der Waals surface area contributed by atoms with Gasteiger partial charge in [0.2, 0.25) is 5.13 Å². The van der Waals surface area contributed by atoms with Crippen molar-refractivity contribution in [3.8, 4) is 5.75 Å². The van der Waals surface area contributed by atoms with E-state index >= 15 is 0 Å². The van der Waals surface area contributed by atoms with Gasteiger partial charge < -0.3 is 19.4 Å². The molecule has 3 rings (SSSR count). The van der Waals surface area contributed by atoms with Gasteiger partial charge in [0, 0.05) is 24.1 Å². The number of ether oxygens (including phenoxy) is 2. The smallest absolute Gasteiger partial charge is 0.210 e. The summed E-state index contributed by atoms with van der Waals surface area (Å²) in [6, 6.07) is 9.84. The second kappa shape index (κ2) is 10.8. The van der Waals surface area contributed by atoms with Crippen LogP contribution in [0.15, 0.2) is 34.7 Å². The van der Waals surface area contributed by atoms with Gasteiger partial charge in [0.15, 0.2) is 10.1 Å². The summed E-state index contributed by atoms with van der Waals surface area (Å²) in [6.45, 7) is 9.23. The number of hydrogen-bond acceptors (Lipinski definition) is 8. The van der Waals surface area contributed by atoms with Crippen molar-refractivity contribution in [3.05, 3.63) is 47.3 Å². The Morgan fingerprint density at radius 3 is 2.81 bits per heavy atom. The molecule has 1 aromatic carbocycles. The van der Waals surface area contributed by atoms with Gasteiger partial charge in [-0.15, -0.1) is 10.2 Å². The molecule has 31 heavy (non-hydrogen) atoms. The number of nitrogens with one attached hydrogen (secondary N) is 1. The van der Waals surface area contributed by atoms with Crippen LogP contribution in [0.1, 0.15) is 41.6 Å². The third-order valence-corrected chi connectivity index (χ3v) is 6.77. The van der Waals surface area contributed by atoms with Crippen molar-refractivity contribution in [1.29, 1.82) is 0 Å². The molecule has 2 aromatic heterocycles. The number of aromatic nitrogens is 3. The number of aryl methyl sites for hydroxylation is 1. The van der Waals surface area contributed by atoms with Crippen LogP contribution < -0.4 is 10.1 Å². The van der Waals surface area contributed by atoms with Crippen molar-refractivity contribution >= 4 is 39.7 Å². The first-order chi connectivity index (χ1) is 14.9. The van der Waals surface area contributed by atoms with Crippen LogP contribution in [0.25, 0.3) is 0 Å². The number of thioether (sulfide) groups is 1. The number of anilines is 2. The predicted octanol–water partition coefficient (Wildman–Crippen LogP) is 5.28. The summed E-state index contributed by atoms with van der Waals surface area (Å²) in [4.78, 5) is 12.9. The number of methoxy groups -OCH3 is 1. The number of para-hydroxylation sites is 2. The number of rotatable bonds is 11. The van der Waals surface area contributed by atoms with E-state index in [1.807, 2.05) is 51.1 Å². The largest absolute Gasteiger partial charge is 0.492 e. The molecule has 0 fully saturated rings. The van der Waals surface area contributed by atoms with E-state index in [0.29, 0.717) is 24.1 Å². The summed E-state index contributed by atoms with van der Waals surface area (Å²) in [5, 5.41) is 12.3. The molecule has 7 nitrogen and oxygen atoms in total. The number of carbonyl (C=O) groups excluding carboxylic acids is 1. The molecule has 9 heteroatoms. The van der Waals surface area contributed by atoms with Crippen molar-refractivity contribution in [2.45, 2.75) is 38.1 Å². The van der Waals surface area contributed by atoms with E-state index in [-0.39, 0.29) is 11.8 Å². The number of carbonyl (C=O) groups is 1. The van der Waals surface area contributed by atoms with Crippen LogP contribution >= 0.6 is 23.1 Å². The fraction of sp³-hybridized carbons (Fsp3) is 0.409. The van der Waals surface area contributed by atoms with Crippen molar-refractivity contribution in [2.24, 2.45) is 0 Å². The third-order valence-electron chi connectivity index (χ3n) is 4.80. The fourth-order valence-corrected chi connectivity index (χ4v) is 5.19. The zero-order chi connectivity index (χ0) is 22.4. The molecule has 0 aliphatic heterocycles. The summed E-state index contributed by atoms with van der Waals surface area (Å²) < 4.78 is 13.8. The molecule has 0 aliphatic rings. The highest BCUT2D eigenvalue weighted by atomic mass is 32.2. The molecule has 0 bridgehead atoms. The minimum absolute atomic E-state index is 0.0837. The second-order valence-electron chi connectivity index (χ2n) is 7.10. The lowest BCUT2D eigenvalue weighted by Gasteiger charge is -2.17. The molecule has 0 aliphatic carbocycles. The van der Waals surface area contributed by atoms with Crippen LogP contribution in [-0.4, -0.2) is 46.6 Å². The van der Waals surface area contributed by atoms with Crippen LogP contribution in [0.3, 0.4) is 0 Å². The Morgan fingerprint density at radius 2 is 2.06 bits per heavy atom. The Kier molecular flexibility index (Phi) is 8.11. The van der Waals surface area contributed by atoms with Crippen LogP contribution in [0.4, 0.5) is 10.8 Å². The molecule has 0 radical (unpaired) electrons. The van der Waals surface area contributed by atoms with E-state index < -0.39 is 0 Å². The van der Waals surface area contributed by atoms with Crippen molar-refractivity contribution in [2.75, 3.05) is 31.4 Å². The maximum Gasteiger partial charge on any atom is 0.210 e. The number of nitrogens with zero attached hydrogens (tertiary/aromatic N) is 3. The zero-order valence-corrected chi connectivity index (χ0v) is 20.1. The normalized spacial score (nSPS) is 12.0. The van der Waals surface area contributed by atoms with Crippen molar-refractivity contribution in [1.82, 2.24) is 14.8 Å². The van der Waals surface area contributed by atoms with Gasteiger partial charge in [0.1, 0.15) is 5.75 Å².